The number of nitrogens with zero attached hydrogens (tertiary/aromatic N) is 3. The highest BCUT2D eigenvalue weighted by molar-refractivity contribution is 5.93. The first-order valence-electron chi connectivity index (χ1n) is 13.8. The van der Waals surface area contributed by atoms with Gasteiger partial charge >= 0.3 is 5.97 Å². The highest BCUT2D eigenvalue weighted by Crippen LogP contribution is 2.39. The molecule has 0 aliphatic carbocycles. The standard InChI is InChI=1S/C34H31N3O7/c1-6-43-28-17-22(13-16-27(28)44-34(39)24-18-29(40-3)31(42-5)30(19-24)41-4)20-35-37-32(23-14-11-21(2)12-15-23)36-26-10-8-7-9-25(26)33(37)38/h7-20H,6H2,1-5H3. The Hall–Kier alpha value is -5.64. The number of fused-ring (bicyclic) bond motifs is 1. The van der Waals surface area contributed by atoms with E-state index in [1.54, 1.807) is 36.4 Å². The monoisotopic (exact) mass is 593 g/mol. The molecule has 0 N–H and O–H groups in total. The highest BCUT2D eigenvalue weighted by Gasteiger charge is 2.20. The van der Waals surface area contributed by atoms with Crippen LogP contribution in [0.15, 0.2) is 88.8 Å². The second-order valence-electron chi connectivity index (χ2n) is 9.62. The molecule has 0 saturated carbocycles. The molecule has 0 fully saturated rings. The van der Waals surface area contributed by atoms with Gasteiger partial charge in [-0.2, -0.15) is 9.78 Å². The molecule has 0 aliphatic rings. The Bertz CT molecular complexity index is 1890. The third-order valence-corrected chi connectivity index (χ3v) is 6.76. The number of benzene rings is 4. The van der Waals surface area contributed by atoms with Gasteiger partial charge < -0.3 is 23.7 Å². The van der Waals surface area contributed by atoms with E-state index in [0.29, 0.717) is 51.9 Å². The fourth-order valence-corrected chi connectivity index (χ4v) is 4.56. The number of methoxy groups -OCH3 is 3. The first kappa shape index (κ1) is 29.8. The molecule has 0 atom stereocenters. The molecule has 0 amide bonds. The van der Waals surface area contributed by atoms with E-state index in [1.807, 2.05) is 44.2 Å². The molecule has 1 heterocycles. The van der Waals surface area contributed by atoms with E-state index in [9.17, 15) is 9.59 Å². The average Bonchev–Trinajstić information content (AvgIpc) is 3.05. The molecule has 0 aliphatic heterocycles. The van der Waals surface area contributed by atoms with Gasteiger partial charge in [0.1, 0.15) is 0 Å². The number of carbonyl (C=O) groups excluding carboxylic acids is 1. The molecule has 5 aromatic rings. The fourth-order valence-electron chi connectivity index (χ4n) is 4.56. The minimum atomic E-state index is -0.650. The molecule has 0 unspecified atom stereocenters. The molecule has 224 valence electrons. The van der Waals surface area contributed by atoms with Crippen LogP contribution in [0.5, 0.6) is 28.7 Å². The van der Waals surface area contributed by atoms with Crippen LogP contribution in [0.2, 0.25) is 0 Å². The van der Waals surface area contributed by atoms with Gasteiger partial charge in [0.25, 0.3) is 5.56 Å². The number of hydrogen-bond acceptors (Lipinski definition) is 9. The lowest BCUT2D eigenvalue weighted by atomic mass is 10.1. The predicted octanol–water partition coefficient (Wildman–Crippen LogP) is 5.90. The van der Waals surface area contributed by atoms with E-state index < -0.39 is 5.97 Å². The molecule has 44 heavy (non-hydrogen) atoms. The van der Waals surface area contributed by atoms with Crippen LogP contribution >= 0.6 is 0 Å². The Balaban J connectivity index is 1.49. The molecular formula is C34H31N3O7. The number of esters is 1. The molecule has 5 rings (SSSR count). The Kier molecular flexibility index (Phi) is 8.90. The van der Waals surface area contributed by atoms with E-state index in [0.717, 1.165) is 11.1 Å². The van der Waals surface area contributed by atoms with Crippen LogP contribution in [-0.4, -0.2) is 49.8 Å². The third-order valence-electron chi connectivity index (χ3n) is 6.76. The number of hydrogen-bond donors (Lipinski definition) is 0. The number of aromatic nitrogens is 2. The Morgan fingerprint density at radius 2 is 1.57 bits per heavy atom. The van der Waals surface area contributed by atoms with Crippen LogP contribution in [-0.2, 0) is 0 Å². The quantitative estimate of drug-likeness (QED) is 0.112. The number of ether oxygens (including phenoxy) is 5. The lowest BCUT2D eigenvalue weighted by molar-refractivity contribution is 0.0727. The third kappa shape index (κ3) is 6.10. The van der Waals surface area contributed by atoms with E-state index in [-0.39, 0.29) is 16.9 Å². The van der Waals surface area contributed by atoms with Crippen molar-refractivity contribution >= 4 is 23.1 Å². The molecule has 0 saturated heterocycles. The van der Waals surface area contributed by atoms with Crippen molar-refractivity contribution in [2.75, 3.05) is 27.9 Å². The van der Waals surface area contributed by atoms with Crippen molar-refractivity contribution in [3.63, 3.8) is 0 Å². The minimum Gasteiger partial charge on any atom is -0.493 e. The SMILES string of the molecule is CCOc1cc(C=Nn2c(-c3ccc(C)cc3)nc3ccccc3c2=O)ccc1OC(=O)c1cc(OC)c(OC)c(OC)c1. The summed E-state index contributed by atoms with van der Waals surface area (Å²) in [6.45, 7) is 4.13. The van der Waals surface area contributed by atoms with Gasteiger partial charge in [0.15, 0.2) is 28.8 Å². The molecule has 0 bridgehead atoms. The Morgan fingerprint density at radius 3 is 2.23 bits per heavy atom. The van der Waals surface area contributed by atoms with Crippen molar-refractivity contribution in [3.8, 4) is 40.1 Å². The predicted molar refractivity (Wildman–Crippen MR) is 168 cm³/mol. The molecule has 1 aromatic heterocycles. The van der Waals surface area contributed by atoms with Gasteiger partial charge in [0.05, 0.1) is 50.6 Å². The normalized spacial score (nSPS) is 11.0. The minimum absolute atomic E-state index is 0.194. The van der Waals surface area contributed by atoms with Crippen molar-refractivity contribution in [1.29, 1.82) is 0 Å². The van der Waals surface area contributed by atoms with E-state index in [1.165, 1.54) is 44.4 Å². The molecular weight excluding hydrogens is 562 g/mol. The summed E-state index contributed by atoms with van der Waals surface area (Å²) in [6, 6.07) is 22.9. The number of carbonyl (C=O) groups is 1. The summed E-state index contributed by atoms with van der Waals surface area (Å²) in [5.74, 6) is 1.27. The van der Waals surface area contributed by atoms with Gasteiger partial charge in [0.2, 0.25) is 5.75 Å². The number of rotatable bonds is 10. The molecule has 4 aromatic carbocycles. The van der Waals surface area contributed by atoms with Gasteiger partial charge in [-0.25, -0.2) is 9.78 Å². The van der Waals surface area contributed by atoms with Crippen molar-refractivity contribution in [2.45, 2.75) is 13.8 Å². The van der Waals surface area contributed by atoms with Crippen molar-refractivity contribution in [3.05, 3.63) is 106 Å². The van der Waals surface area contributed by atoms with Crippen LogP contribution in [0.25, 0.3) is 22.3 Å². The molecule has 10 heteroatoms. The second kappa shape index (κ2) is 13.1. The van der Waals surface area contributed by atoms with Crippen LogP contribution in [0.4, 0.5) is 0 Å². The zero-order valence-corrected chi connectivity index (χ0v) is 25.0. The summed E-state index contributed by atoms with van der Waals surface area (Å²) < 4.78 is 28.8. The van der Waals surface area contributed by atoms with Gasteiger partial charge in [-0.3, -0.25) is 4.79 Å². The van der Waals surface area contributed by atoms with E-state index in [2.05, 4.69) is 5.10 Å². The van der Waals surface area contributed by atoms with Gasteiger partial charge in [-0.1, -0.05) is 42.0 Å². The summed E-state index contributed by atoms with van der Waals surface area (Å²) in [4.78, 5) is 31.4. The maximum atomic E-state index is 13.5. The largest absolute Gasteiger partial charge is 0.493 e. The molecule has 10 nitrogen and oxygen atoms in total. The lowest BCUT2D eigenvalue weighted by Crippen LogP contribution is -2.20. The first-order valence-corrected chi connectivity index (χ1v) is 13.8. The topological polar surface area (TPSA) is 110 Å². The summed E-state index contributed by atoms with van der Waals surface area (Å²) >= 11 is 0. The summed E-state index contributed by atoms with van der Waals surface area (Å²) in [7, 11) is 4.41. The summed E-state index contributed by atoms with van der Waals surface area (Å²) in [5.41, 5.74) is 2.91. The van der Waals surface area contributed by atoms with Crippen molar-refractivity contribution in [1.82, 2.24) is 9.66 Å². The maximum absolute atomic E-state index is 13.5. The zero-order valence-electron chi connectivity index (χ0n) is 25.0. The van der Waals surface area contributed by atoms with Gasteiger partial charge in [0, 0.05) is 5.56 Å². The van der Waals surface area contributed by atoms with Gasteiger partial charge in [-0.05, 0) is 61.9 Å². The van der Waals surface area contributed by atoms with Gasteiger partial charge in [-0.15, -0.1) is 0 Å². The molecule has 0 spiro atoms. The number of para-hydroxylation sites is 1. The van der Waals surface area contributed by atoms with E-state index in [4.69, 9.17) is 28.7 Å². The highest BCUT2D eigenvalue weighted by atomic mass is 16.6. The fraction of sp³-hybridized carbons (Fsp3) is 0.176. The van der Waals surface area contributed by atoms with Crippen molar-refractivity contribution in [2.24, 2.45) is 5.10 Å². The maximum Gasteiger partial charge on any atom is 0.343 e. The second-order valence-corrected chi connectivity index (χ2v) is 9.62. The number of aryl methyl sites for hydroxylation is 1. The smallest absolute Gasteiger partial charge is 0.343 e. The Morgan fingerprint density at radius 1 is 0.864 bits per heavy atom. The van der Waals surface area contributed by atoms with Crippen molar-refractivity contribution < 1.29 is 28.5 Å². The van der Waals surface area contributed by atoms with Crippen LogP contribution in [0.1, 0.15) is 28.4 Å². The first-order chi connectivity index (χ1) is 21.4. The van der Waals surface area contributed by atoms with Crippen LogP contribution < -0.4 is 29.2 Å². The van der Waals surface area contributed by atoms with Crippen LogP contribution in [0, 0.1) is 6.92 Å². The van der Waals surface area contributed by atoms with Crippen LogP contribution in [0.3, 0.4) is 0 Å². The lowest BCUT2D eigenvalue weighted by Gasteiger charge is -2.15. The summed E-state index contributed by atoms with van der Waals surface area (Å²) in [5, 5.41) is 4.98. The average molecular weight is 594 g/mol. The van der Waals surface area contributed by atoms with E-state index >= 15 is 0 Å². The zero-order chi connectivity index (χ0) is 31.2. The molecule has 0 radical (unpaired) electrons. The Labute approximate surface area is 254 Å². The summed E-state index contributed by atoms with van der Waals surface area (Å²) in [6.07, 6.45) is 1.53.